The van der Waals surface area contributed by atoms with E-state index in [2.05, 4.69) is 0 Å². The average Bonchev–Trinajstić information content (AvgIpc) is 2.49. The number of phenolic OH excluding ortho intramolecular Hbond substituents is 1. The van der Waals surface area contributed by atoms with Crippen molar-refractivity contribution in [3.8, 4) is 17.2 Å². The molecule has 0 aliphatic heterocycles. The molecule has 0 aliphatic carbocycles. The van der Waals surface area contributed by atoms with Crippen LogP contribution in [0.25, 0.3) is 0 Å². The van der Waals surface area contributed by atoms with Crippen LogP contribution in [0.2, 0.25) is 0 Å². The molecule has 0 saturated carbocycles. The molecule has 1 N–H and O–H groups in total. The smallest absolute Gasteiger partial charge is 0.339 e. The molecule has 1 aromatic rings. The van der Waals surface area contributed by atoms with E-state index >= 15 is 0 Å². The van der Waals surface area contributed by atoms with Gasteiger partial charge in [-0.2, -0.15) is 0 Å². The number of carbonyl (C=O) groups is 4. The summed E-state index contributed by atoms with van der Waals surface area (Å²) in [4.78, 5) is 46.9. The standard InChI is InChI=1S/C17H20O8/c1-5-6-7-23-17(22)12-8-13(21)15(24-10(3)19)16(25-11(4)20)14(12)9(2)18/h8,21H,5-7H2,1-4H3. The summed E-state index contributed by atoms with van der Waals surface area (Å²) in [7, 11) is 0. The molecule has 0 heterocycles. The van der Waals surface area contributed by atoms with Crippen LogP contribution in [0, 0.1) is 0 Å². The van der Waals surface area contributed by atoms with Crippen molar-refractivity contribution < 1.29 is 38.5 Å². The first-order valence-electron chi connectivity index (χ1n) is 7.63. The molecule has 0 saturated heterocycles. The first-order chi connectivity index (χ1) is 11.7. The molecule has 0 aliphatic rings. The summed E-state index contributed by atoms with van der Waals surface area (Å²) in [5, 5.41) is 10.1. The van der Waals surface area contributed by atoms with E-state index in [1.807, 2.05) is 6.92 Å². The Labute approximate surface area is 144 Å². The van der Waals surface area contributed by atoms with Crippen LogP contribution in [-0.2, 0) is 14.3 Å². The number of benzene rings is 1. The number of ketones is 1. The molecule has 0 fully saturated rings. The van der Waals surface area contributed by atoms with Crippen LogP contribution in [0.3, 0.4) is 0 Å². The summed E-state index contributed by atoms with van der Waals surface area (Å²) >= 11 is 0. The topological polar surface area (TPSA) is 116 Å². The number of Topliss-reactive ketones (excluding diaryl/α,β-unsaturated/α-hetero) is 1. The van der Waals surface area contributed by atoms with Gasteiger partial charge in [0.05, 0.1) is 17.7 Å². The van der Waals surface area contributed by atoms with Gasteiger partial charge in [-0.25, -0.2) is 4.79 Å². The predicted octanol–water partition coefficient (Wildman–Crippen LogP) is 2.40. The highest BCUT2D eigenvalue weighted by molar-refractivity contribution is 6.09. The molecule has 0 aromatic heterocycles. The zero-order valence-electron chi connectivity index (χ0n) is 14.5. The Morgan fingerprint density at radius 2 is 1.56 bits per heavy atom. The van der Waals surface area contributed by atoms with Gasteiger partial charge >= 0.3 is 17.9 Å². The lowest BCUT2D eigenvalue weighted by atomic mass is 10.0. The largest absolute Gasteiger partial charge is 0.504 e. The molecule has 0 unspecified atom stereocenters. The highest BCUT2D eigenvalue weighted by Gasteiger charge is 2.29. The van der Waals surface area contributed by atoms with Gasteiger partial charge in [0.1, 0.15) is 0 Å². The third-order valence-electron chi connectivity index (χ3n) is 3.01. The number of esters is 3. The van der Waals surface area contributed by atoms with Crippen LogP contribution in [0.1, 0.15) is 61.3 Å². The molecular weight excluding hydrogens is 332 g/mol. The minimum Gasteiger partial charge on any atom is -0.504 e. The Morgan fingerprint density at radius 1 is 1.00 bits per heavy atom. The van der Waals surface area contributed by atoms with Crippen LogP contribution < -0.4 is 9.47 Å². The van der Waals surface area contributed by atoms with Crippen LogP contribution >= 0.6 is 0 Å². The van der Waals surface area contributed by atoms with Gasteiger partial charge in [0.15, 0.2) is 17.3 Å². The summed E-state index contributed by atoms with van der Waals surface area (Å²) < 4.78 is 14.8. The second kappa shape index (κ2) is 8.81. The highest BCUT2D eigenvalue weighted by atomic mass is 16.6. The summed E-state index contributed by atoms with van der Waals surface area (Å²) in [6, 6.07) is 0.941. The molecule has 136 valence electrons. The first-order valence-corrected chi connectivity index (χ1v) is 7.63. The zero-order chi connectivity index (χ0) is 19.1. The SMILES string of the molecule is CCCCOC(=O)c1cc(O)c(OC(C)=O)c(OC(C)=O)c1C(C)=O. The highest BCUT2D eigenvalue weighted by Crippen LogP contribution is 2.42. The van der Waals surface area contributed by atoms with Crippen molar-refractivity contribution in [2.45, 2.75) is 40.5 Å². The van der Waals surface area contributed by atoms with Crippen LogP contribution in [0.15, 0.2) is 6.07 Å². The summed E-state index contributed by atoms with van der Waals surface area (Å²) in [5.74, 6) is -4.79. The lowest BCUT2D eigenvalue weighted by molar-refractivity contribution is -0.134. The minimum atomic E-state index is -0.864. The quantitative estimate of drug-likeness (QED) is 0.344. The number of ether oxygens (including phenoxy) is 3. The lowest BCUT2D eigenvalue weighted by Crippen LogP contribution is -2.16. The normalized spacial score (nSPS) is 10.1. The van der Waals surface area contributed by atoms with Gasteiger partial charge in [0, 0.05) is 13.8 Å². The third-order valence-corrected chi connectivity index (χ3v) is 3.01. The molecule has 0 spiro atoms. The Kier molecular flexibility index (Phi) is 7.10. The molecular formula is C17H20O8. The van der Waals surface area contributed by atoms with Crippen LogP contribution in [0.4, 0.5) is 0 Å². The van der Waals surface area contributed by atoms with E-state index in [4.69, 9.17) is 14.2 Å². The van der Waals surface area contributed by atoms with Gasteiger partial charge in [-0.15, -0.1) is 0 Å². The van der Waals surface area contributed by atoms with E-state index in [-0.39, 0.29) is 17.7 Å². The Bertz CT molecular complexity index is 705. The molecule has 8 nitrogen and oxygen atoms in total. The van der Waals surface area contributed by atoms with E-state index in [1.165, 1.54) is 0 Å². The number of carbonyl (C=O) groups excluding carboxylic acids is 4. The number of hydrogen-bond acceptors (Lipinski definition) is 8. The van der Waals surface area contributed by atoms with Crippen LogP contribution in [0.5, 0.6) is 17.2 Å². The fourth-order valence-electron chi connectivity index (χ4n) is 2.01. The van der Waals surface area contributed by atoms with Crippen molar-refractivity contribution in [1.29, 1.82) is 0 Å². The third kappa shape index (κ3) is 5.30. The summed E-state index contributed by atoms with van der Waals surface area (Å²) in [5.41, 5.74) is -0.598. The van der Waals surface area contributed by atoms with Gasteiger partial charge in [0.2, 0.25) is 5.75 Å². The van der Waals surface area contributed by atoms with E-state index in [1.54, 1.807) is 0 Å². The Morgan fingerprint density at radius 3 is 2.04 bits per heavy atom. The van der Waals surface area contributed by atoms with Gasteiger partial charge in [0.25, 0.3) is 0 Å². The van der Waals surface area contributed by atoms with E-state index in [0.717, 1.165) is 33.3 Å². The van der Waals surface area contributed by atoms with Crippen molar-refractivity contribution in [2.24, 2.45) is 0 Å². The fourth-order valence-corrected chi connectivity index (χ4v) is 2.01. The number of unbranched alkanes of at least 4 members (excludes halogenated alkanes) is 1. The maximum Gasteiger partial charge on any atom is 0.339 e. The second-order valence-electron chi connectivity index (χ2n) is 5.21. The monoisotopic (exact) mass is 352 g/mol. The van der Waals surface area contributed by atoms with Crippen molar-refractivity contribution in [3.63, 3.8) is 0 Å². The molecule has 0 bridgehead atoms. The fraction of sp³-hybridized carbons (Fsp3) is 0.412. The maximum atomic E-state index is 12.2. The minimum absolute atomic E-state index is 0.127. The van der Waals surface area contributed by atoms with Crippen molar-refractivity contribution in [3.05, 3.63) is 17.2 Å². The molecule has 25 heavy (non-hydrogen) atoms. The van der Waals surface area contributed by atoms with E-state index in [9.17, 15) is 24.3 Å². The van der Waals surface area contributed by atoms with E-state index < -0.39 is 40.9 Å². The average molecular weight is 352 g/mol. The zero-order valence-corrected chi connectivity index (χ0v) is 14.5. The number of hydrogen-bond donors (Lipinski definition) is 1. The Hall–Kier alpha value is -2.90. The molecule has 0 atom stereocenters. The van der Waals surface area contributed by atoms with Gasteiger partial charge in [-0.05, 0) is 19.4 Å². The lowest BCUT2D eigenvalue weighted by Gasteiger charge is -2.16. The number of aromatic hydroxyl groups is 1. The van der Waals surface area contributed by atoms with Gasteiger partial charge in [-0.3, -0.25) is 14.4 Å². The molecule has 1 aromatic carbocycles. The number of rotatable bonds is 7. The molecule has 1 rings (SSSR count). The first kappa shape index (κ1) is 20.1. The van der Waals surface area contributed by atoms with Crippen molar-refractivity contribution in [1.82, 2.24) is 0 Å². The molecule has 8 heteroatoms. The van der Waals surface area contributed by atoms with Crippen LogP contribution in [-0.4, -0.2) is 35.4 Å². The summed E-state index contributed by atoms with van der Waals surface area (Å²) in [6.07, 6.45) is 1.41. The van der Waals surface area contributed by atoms with Crippen molar-refractivity contribution >= 4 is 23.7 Å². The predicted molar refractivity (Wildman–Crippen MR) is 85.9 cm³/mol. The van der Waals surface area contributed by atoms with Gasteiger partial charge < -0.3 is 19.3 Å². The molecule has 0 amide bonds. The Balaban J connectivity index is 3.54. The molecule has 0 radical (unpaired) electrons. The summed E-state index contributed by atoms with van der Waals surface area (Å²) in [6.45, 7) is 5.30. The van der Waals surface area contributed by atoms with Gasteiger partial charge in [-0.1, -0.05) is 13.3 Å². The number of phenols is 1. The van der Waals surface area contributed by atoms with Crippen molar-refractivity contribution in [2.75, 3.05) is 6.61 Å². The maximum absolute atomic E-state index is 12.2. The second-order valence-corrected chi connectivity index (χ2v) is 5.21. The van der Waals surface area contributed by atoms with E-state index in [0.29, 0.717) is 6.42 Å².